The van der Waals surface area contributed by atoms with Crippen molar-refractivity contribution in [2.24, 2.45) is 5.41 Å². The Morgan fingerprint density at radius 3 is 2.43 bits per heavy atom. The monoisotopic (exact) mass is 305 g/mol. The van der Waals surface area contributed by atoms with E-state index in [0.29, 0.717) is 5.02 Å². The molecule has 0 atom stereocenters. The van der Waals surface area contributed by atoms with Crippen LogP contribution in [0.1, 0.15) is 38.7 Å². The van der Waals surface area contributed by atoms with Gasteiger partial charge in [0.05, 0.1) is 0 Å². The molecule has 21 heavy (non-hydrogen) atoms. The molecule has 1 heterocycles. The maximum absolute atomic E-state index is 12.4. The SMILES string of the molecule is CC(C)(CN1CCCCC1)C(=O)/C=C\c1ccc(Cl)cc1. The van der Waals surface area contributed by atoms with Gasteiger partial charge in [0, 0.05) is 17.0 Å². The number of ketones is 1. The van der Waals surface area contributed by atoms with Gasteiger partial charge in [-0.05, 0) is 49.7 Å². The first-order valence-electron chi connectivity index (χ1n) is 7.68. The number of carbonyl (C=O) groups excluding carboxylic acids is 1. The van der Waals surface area contributed by atoms with Crippen molar-refractivity contribution in [1.29, 1.82) is 0 Å². The van der Waals surface area contributed by atoms with E-state index in [2.05, 4.69) is 4.90 Å². The Morgan fingerprint density at radius 2 is 1.81 bits per heavy atom. The predicted octanol–water partition coefficient (Wildman–Crippen LogP) is 4.43. The van der Waals surface area contributed by atoms with Crippen LogP contribution in [0.3, 0.4) is 0 Å². The molecule has 1 aromatic rings. The molecule has 0 aromatic heterocycles. The van der Waals surface area contributed by atoms with E-state index in [0.717, 1.165) is 25.2 Å². The number of nitrogens with zero attached hydrogens (tertiary/aromatic N) is 1. The normalized spacial score (nSPS) is 17.3. The number of halogens is 1. The highest BCUT2D eigenvalue weighted by Gasteiger charge is 2.28. The van der Waals surface area contributed by atoms with E-state index in [1.54, 1.807) is 6.08 Å². The van der Waals surface area contributed by atoms with Gasteiger partial charge in [-0.2, -0.15) is 0 Å². The molecular weight excluding hydrogens is 282 g/mol. The molecule has 0 saturated carbocycles. The van der Waals surface area contributed by atoms with Crippen LogP contribution in [-0.2, 0) is 4.79 Å². The van der Waals surface area contributed by atoms with E-state index in [9.17, 15) is 4.79 Å². The fraction of sp³-hybridized carbons (Fsp3) is 0.500. The van der Waals surface area contributed by atoms with Crippen molar-refractivity contribution >= 4 is 23.5 Å². The number of carbonyl (C=O) groups is 1. The summed E-state index contributed by atoms with van der Waals surface area (Å²) in [6.07, 6.45) is 7.40. The first kappa shape index (κ1) is 16.3. The number of rotatable bonds is 5. The van der Waals surface area contributed by atoms with Crippen molar-refractivity contribution < 1.29 is 4.79 Å². The second kappa shape index (κ2) is 7.24. The smallest absolute Gasteiger partial charge is 0.162 e. The fourth-order valence-electron chi connectivity index (χ4n) is 2.73. The van der Waals surface area contributed by atoms with Crippen LogP contribution in [0.2, 0.25) is 5.02 Å². The average Bonchev–Trinajstić information content (AvgIpc) is 2.47. The van der Waals surface area contributed by atoms with Crippen LogP contribution >= 0.6 is 11.6 Å². The largest absolute Gasteiger partial charge is 0.302 e. The summed E-state index contributed by atoms with van der Waals surface area (Å²) in [5, 5.41) is 0.712. The molecule has 2 rings (SSSR count). The zero-order valence-corrected chi connectivity index (χ0v) is 13.7. The van der Waals surface area contributed by atoms with E-state index >= 15 is 0 Å². The third kappa shape index (κ3) is 4.98. The molecule has 0 aliphatic carbocycles. The van der Waals surface area contributed by atoms with Crippen LogP contribution in [0, 0.1) is 5.41 Å². The molecule has 2 nitrogen and oxygen atoms in total. The summed E-state index contributed by atoms with van der Waals surface area (Å²) in [4.78, 5) is 14.9. The molecule has 1 saturated heterocycles. The Kier molecular flexibility index (Phi) is 5.60. The van der Waals surface area contributed by atoms with Crippen LogP contribution in [0.15, 0.2) is 30.3 Å². The first-order valence-corrected chi connectivity index (χ1v) is 8.06. The van der Waals surface area contributed by atoms with Crippen LogP contribution in [0.4, 0.5) is 0 Å². The Labute approximate surface area is 132 Å². The Bertz CT molecular complexity index is 498. The van der Waals surface area contributed by atoms with Crippen LogP contribution in [-0.4, -0.2) is 30.3 Å². The second-order valence-electron chi connectivity index (χ2n) is 6.47. The molecule has 1 fully saturated rings. The van der Waals surface area contributed by atoms with Crippen molar-refractivity contribution in [3.8, 4) is 0 Å². The maximum atomic E-state index is 12.4. The van der Waals surface area contributed by atoms with E-state index < -0.39 is 0 Å². The lowest BCUT2D eigenvalue weighted by Gasteiger charge is -2.33. The molecule has 0 spiro atoms. The molecule has 0 N–H and O–H groups in total. The molecule has 0 unspecified atom stereocenters. The van der Waals surface area contributed by atoms with Gasteiger partial charge >= 0.3 is 0 Å². The number of hydrogen-bond donors (Lipinski definition) is 0. The van der Waals surface area contributed by atoms with Gasteiger partial charge in [0.1, 0.15) is 0 Å². The lowest BCUT2D eigenvalue weighted by molar-refractivity contribution is -0.123. The quantitative estimate of drug-likeness (QED) is 0.750. The molecule has 1 aliphatic rings. The molecular formula is C18H24ClNO. The van der Waals surface area contributed by atoms with Crippen LogP contribution in [0.25, 0.3) is 6.08 Å². The molecule has 1 aromatic carbocycles. The molecule has 0 bridgehead atoms. The van der Waals surface area contributed by atoms with Crippen molar-refractivity contribution in [2.45, 2.75) is 33.1 Å². The number of benzene rings is 1. The van der Waals surface area contributed by atoms with Gasteiger partial charge in [0.15, 0.2) is 5.78 Å². The summed E-state index contributed by atoms with van der Waals surface area (Å²) in [6, 6.07) is 7.52. The summed E-state index contributed by atoms with van der Waals surface area (Å²) < 4.78 is 0. The van der Waals surface area contributed by atoms with Crippen molar-refractivity contribution in [2.75, 3.05) is 19.6 Å². The minimum atomic E-state index is -0.333. The van der Waals surface area contributed by atoms with E-state index in [4.69, 9.17) is 11.6 Å². The van der Waals surface area contributed by atoms with Crippen molar-refractivity contribution in [3.63, 3.8) is 0 Å². The lowest BCUT2D eigenvalue weighted by atomic mass is 9.86. The molecule has 1 aliphatic heterocycles. The Balaban J connectivity index is 1.95. The van der Waals surface area contributed by atoms with Crippen molar-refractivity contribution in [1.82, 2.24) is 4.90 Å². The molecule has 0 radical (unpaired) electrons. The predicted molar refractivity (Wildman–Crippen MR) is 89.6 cm³/mol. The summed E-state index contributed by atoms with van der Waals surface area (Å²) in [5.41, 5.74) is 0.668. The molecule has 3 heteroatoms. The van der Waals surface area contributed by atoms with Crippen molar-refractivity contribution in [3.05, 3.63) is 40.9 Å². The van der Waals surface area contributed by atoms with Gasteiger partial charge in [-0.25, -0.2) is 0 Å². The molecule has 114 valence electrons. The fourth-order valence-corrected chi connectivity index (χ4v) is 2.85. The Morgan fingerprint density at radius 1 is 1.19 bits per heavy atom. The van der Waals surface area contributed by atoms with Gasteiger partial charge in [-0.1, -0.05) is 50.1 Å². The number of allylic oxidation sites excluding steroid dienone is 1. The summed E-state index contributed by atoms with van der Waals surface area (Å²) in [6.45, 7) is 7.16. The number of hydrogen-bond acceptors (Lipinski definition) is 2. The number of piperidine rings is 1. The summed E-state index contributed by atoms with van der Waals surface area (Å²) in [7, 11) is 0. The van der Waals surface area contributed by atoms with Crippen LogP contribution in [0.5, 0.6) is 0 Å². The van der Waals surface area contributed by atoms with Gasteiger partial charge < -0.3 is 4.90 Å². The minimum absolute atomic E-state index is 0.183. The number of likely N-dealkylation sites (tertiary alicyclic amines) is 1. The highest BCUT2D eigenvalue weighted by atomic mass is 35.5. The Hall–Kier alpha value is -1.12. The summed E-state index contributed by atoms with van der Waals surface area (Å²) >= 11 is 5.86. The lowest BCUT2D eigenvalue weighted by Crippen LogP contribution is -2.41. The highest BCUT2D eigenvalue weighted by molar-refractivity contribution is 6.30. The molecule has 0 amide bonds. The standard InChI is InChI=1S/C18H24ClNO/c1-18(2,14-20-12-4-3-5-13-20)17(21)11-8-15-6-9-16(19)10-7-15/h6-11H,3-5,12-14H2,1-2H3/b11-8-. The van der Waals surface area contributed by atoms with E-state index in [1.165, 1.54) is 19.3 Å². The third-order valence-electron chi connectivity index (χ3n) is 4.03. The van der Waals surface area contributed by atoms with Crippen LogP contribution < -0.4 is 0 Å². The third-order valence-corrected chi connectivity index (χ3v) is 4.28. The average molecular weight is 306 g/mol. The second-order valence-corrected chi connectivity index (χ2v) is 6.91. The van der Waals surface area contributed by atoms with Gasteiger partial charge in [-0.3, -0.25) is 4.79 Å². The van der Waals surface area contributed by atoms with E-state index in [-0.39, 0.29) is 11.2 Å². The van der Waals surface area contributed by atoms with E-state index in [1.807, 2.05) is 44.2 Å². The van der Waals surface area contributed by atoms with Gasteiger partial charge in [0.25, 0.3) is 0 Å². The summed E-state index contributed by atoms with van der Waals surface area (Å²) in [5.74, 6) is 0.183. The minimum Gasteiger partial charge on any atom is -0.302 e. The zero-order valence-electron chi connectivity index (χ0n) is 12.9. The highest BCUT2D eigenvalue weighted by Crippen LogP contribution is 2.22. The van der Waals surface area contributed by atoms with Gasteiger partial charge in [0.2, 0.25) is 0 Å². The first-order chi connectivity index (χ1) is 9.97. The topological polar surface area (TPSA) is 20.3 Å². The van der Waals surface area contributed by atoms with Gasteiger partial charge in [-0.15, -0.1) is 0 Å². The zero-order chi connectivity index (χ0) is 15.3. The maximum Gasteiger partial charge on any atom is 0.162 e.